The molecule has 0 fully saturated rings. The first-order valence-electron chi connectivity index (χ1n) is 9.06. The maximum Gasteiger partial charge on any atom is 0.255 e. The number of Topliss-reactive ketones (excluding diaryl/α,β-unsaturated/α-hetero) is 1. The largest absolute Gasteiger partial charge is 0.493 e. The maximum atomic E-state index is 12.8. The molecule has 0 saturated heterocycles. The summed E-state index contributed by atoms with van der Waals surface area (Å²) in [7, 11) is 1.47. The highest BCUT2D eigenvalue weighted by Gasteiger charge is 2.22. The lowest BCUT2D eigenvalue weighted by Gasteiger charge is -2.16. The van der Waals surface area contributed by atoms with E-state index in [0.29, 0.717) is 46.8 Å². The van der Waals surface area contributed by atoms with Gasteiger partial charge in [0.1, 0.15) is 0 Å². The normalized spacial score (nSPS) is 12.1. The molecule has 0 aromatic heterocycles. The van der Waals surface area contributed by atoms with Gasteiger partial charge < -0.3 is 24.3 Å². The zero-order valence-corrected chi connectivity index (χ0v) is 17.4. The number of halogens is 1. The zero-order chi connectivity index (χ0) is 21.1. The molecule has 0 saturated carbocycles. The molecule has 1 N–H and O–H groups in total. The molecule has 1 amide bonds. The van der Waals surface area contributed by atoms with Crippen LogP contribution in [0.5, 0.6) is 23.0 Å². The molecule has 1 aliphatic heterocycles. The summed E-state index contributed by atoms with van der Waals surface area (Å²) in [6, 6.07) is 6.15. The Hall–Kier alpha value is -2.93. The van der Waals surface area contributed by atoms with Crippen LogP contribution in [-0.4, -0.2) is 32.2 Å². The van der Waals surface area contributed by atoms with Crippen LogP contribution in [0.4, 0.5) is 5.69 Å². The minimum Gasteiger partial charge on any atom is -0.493 e. The molecule has 2 aromatic rings. The Morgan fingerprint density at radius 3 is 2.48 bits per heavy atom. The molecule has 8 heteroatoms. The summed E-state index contributed by atoms with van der Waals surface area (Å²) in [5, 5.41) is 2.99. The number of hydrogen-bond donors (Lipinski definition) is 1. The molecule has 154 valence electrons. The number of amides is 1. The van der Waals surface area contributed by atoms with Crippen LogP contribution in [0.15, 0.2) is 24.3 Å². The van der Waals surface area contributed by atoms with Gasteiger partial charge in [0.25, 0.3) is 5.91 Å². The molecule has 0 aliphatic carbocycles. The van der Waals surface area contributed by atoms with Crippen LogP contribution in [0, 0.1) is 5.92 Å². The van der Waals surface area contributed by atoms with Crippen molar-refractivity contribution in [1.29, 1.82) is 0 Å². The summed E-state index contributed by atoms with van der Waals surface area (Å²) < 4.78 is 21.7. The van der Waals surface area contributed by atoms with Gasteiger partial charge >= 0.3 is 0 Å². The van der Waals surface area contributed by atoms with Crippen LogP contribution in [0.25, 0.3) is 0 Å². The van der Waals surface area contributed by atoms with Gasteiger partial charge in [0.2, 0.25) is 6.79 Å². The average Bonchev–Trinajstić information content (AvgIpc) is 3.12. The van der Waals surface area contributed by atoms with Gasteiger partial charge in [-0.15, -0.1) is 0 Å². The van der Waals surface area contributed by atoms with Crippen molar-refractivity contribution in [2.24, 2.45) is 5.92 Å². The summed E-state index contributed by atoms with van der Waals surface area (Å²) in [5.41, 5.74) is 0.899. The van der Waals surface area contributed by atoms with Crippen molar-refractivity contribution in [3.63, 3.8) is 0 Å². The van der Waals surface area contributed by atoms with Gasteiger partial charge in [-0.25, -0.2) is 0 Å². The van der Waals surface area contributed by atoms with Gasteiger partial charge in [0.15, 0.2) is 28.8 Å². The lowest BCUT2D eigenvalue weighted by atomic mass is 10.1. The molecule has 3 rings (SSSR count). The van der Waals surface area contributed by atoms with Crippen LogP contribution in [0.2, 0.25) is 5.02 Å². The van der Waals surface area contributed by atoms with Crippen LogP contribution >= 0.6 is 11.6 Å². The number of carbonyl (C=O) groups is 2. The third-order valence-corrected chi connectivity index (χ3v) is 4.47. The minimum absolute atomic E-state index is 0.0642. The third-order valence-electron chi connectivity index (χ3n) is 4.19. The highest BCUT2D eigenvalue weighted by atomic mass is 35.5. The number of methoxy groups -OCH3 is 1. The van der Waals surface area contributed by atoms with Gasteiger partial charge in [0, 0.05) is 17.2 Å². The van der Waals surface area contributed by atoms with Gasteiger partial charge in [-0.05, 0) is 31.0 Å². The van der Waals surface area contributed by atoms with Crippen molar-refractivity contribution in [2.75, 3.05) is 25.8 Å². The topological polar surface area (TPSA) is 83.1 Å². The van der Waals surface area contributed by atoms with E-state index in [0.717, 1.165) is 0 Å². The Morgan fingerprint density at radius 1 is 1.17 bits per heavy atom. The fraction of sp³-hybridized carbons (Fsp3) is 0.333. The van der Waals surface area contributed by atoms with Crippen molar-refractivity contribution in [3.8, 4) is 23.0 Å². The number of anilines is 1. The Morgan fingerprint density at radius 2 is 1.86 bits per heavy atom. The van der Waals surface area contributed by atoms with Crippen LogP contribution in [0.3, 0.4) is 0 Å². The lowest BCUT2D eigenvalue weighted by Crippen LogP contribution is -2.15. The molecule has 1 heterocycles. The average molecular weight is 420 g/mol. The van der Waals surface area contributed by atoms with Crippen molar-refractivity contribution < 1.29 is 28.5 Å². The van der Waals surface area contributed by atoms with E-state index in [4.69, 9.17) is 30.5 Å². The number of benzene rings is 2. The molecule has 2 aromatic carbocycles. The number of fused-ring (bicyclic) bond motifs is 1. The number of hydrogen-bond acceptors (Lipinski definition) is 6. The predicted molar refractivity (Wildman–Crippen MR) is 109 cm³/mol. The van der Waals surface area contributed by atoms with Crippen molar-refractivity contribution in [2.45, 2.75) is 20.8 Å². The molecular weight excluding hydrogens is 398 g/mol. The number of nitrogens with one attached hydrogen (secondary N) is 1. The molecule has 7 nitrogen and oxygen atoms in total. The van der Waals surface area contributed by atoms with E-state index in [1.807, 2.05) is 13.8 Å². The van der Waals surface area contributed by atoms with Crippen molar-refractivity contribution >= 4 is 29.0 Å². The first kappa shape index (κ1) is 20.8. The second-order valence-corrected chi connectivity index (χ2v) is 7.36. The van der Waals surface area contributed by atoms with Crippen LogP contribution < -0.4 is 24.3 Å². The Kier molecular flexibility index (Phi) is 6.17. The van der Waals surface area contributed by atoms with Crippen LogP contribution in [-0.2, 0) is 0 Å². The number of ether oxygens (including phenoxy) is 4. The second-order valence-electron chi connectivity index (χ2n) is 6.96. The van der Waals surface area contributed by atoms with E-state index in [9.17, 15) is 9.59 Å². The Balaban J connectivity index is 1.90. The third kappa shape index (κ3) is 4.56. The van der Waals surface area contributed by atoms with E-state index < -0.39 is 5.91 Å². The van der Waals surface area contributed by atoms with Gasteiger partial charge in [-0.3, -0.25) is 9.59 Å². The quantitative estimate of drug-likeness (QED) is 0.662. The van der Waals surface area contributed by atoms with Gasteiger partial charge in [-0.1, -0.05) is 25.4 Å². The molecule has 29 heavy (non-hydrogen) atoms. The predicted octanol–water partition coefficient (Wildman–Crippen LogP) is 4.57. The van der Waals surface area contributed by atoms with E-state index in [1.165, 1.54) is 26.2 Å². The zero-order valence-electron chi connectivity index (χ0n) is 16.6. The molecule has 1 aliphatic rings. The van der Waals surface area contributed by atoms with E-state index in [2.05, 4.69) is 5.32 Å². The fourth-order valence-electron chi connectivity index (χ4n) is 2.77. The summed E-state index contributed by atoms with van der Waals surface area (Å²) in [4.78, 5) is 24.8. The smallest absolute Gasteiger partial charge is 0.255 e. The summed E-state index contributed by atoms with van der Waals surface area (Å²) in [5.74, 6) is 1.28. The highest BCUT2D eigenvalue weighted by Crippen LogP contribution is 2.39. The number of carbonyl (C=O) groups excluding carboxylic acids is 2. The van der Waals surface area contributed by atoms with Crippen molar-refractivity contribution in [3.05, 3.63) is 40.4 Å². The lowest BCUT2D eigenvalue weighted by molar-refractivity contribution is 0.101. The first-order chi connectivity index (χ1) is 13.8. The number of rotatable bonds is 7. The summed E-state index contributed by atoms with van der Waals surface area (Å²) in [6.07, 6.45) is 0. The maximum absolute atomic E-state index is 12.8. The molecular formula is C21H22ClNO6. The van der Waals surface area contributed by atoms with Crippen molar-refractivity contribution in [1.82, 2.24) is 0 Å². The molecule has 0 spiro atoms. The summed E-state index contributed by atoms with van der Waals surface area (Å²) >= 11 is 6.33. The van der Waals surface area contributed by atoms with Crippen LogP contribution in [0.1, 0.15) is 41.5 Å². The second kappa shape index (κ2) is 8.61. The fourth-order valence-corrected chi connectivity index (χ4v) is 3.04. The monoisotopic (exact) mass is 419 g/mol. The number of ketones is 1. The van der Waals surface area contributed by atoms with E-state index in [1.54, 1.807) is 12.1 Å². The standard InChI is InChI=1S/C21H22ClNO6/c1-11(2)9-27-20-15(22)5-13(6-19(20)26-4)21(25)23-16-8-18-17(28-10-29-18)7-14(16)12(3)24/h5-8,11H,9-10H2,1-4H3,(H,23,25). The first-order valence-corrected chi connectivity index (χ1v) is 9.44. The summed E-state index contributed by atoms with van der Waals surface area (Å²) in [6.45, 7) is 5.96. The Bertz CT molecular complexity index is 957. The Labute approximate surface area is 173 Å². The highest BCUT2D eigenvalue weighted by molar-refractivity contribution is 6.32. The van der Waals surface area contributed by atoms with Gasteiger partial charge in [-0.2, -0.15) is 0 Å². The molecule has 0 radical (unpaired) electrons. The molecule has 0 unspecified atom stereocenters. The van der Waals surface area contributed by atoms with Gasteiger partial charge in [0.05, 0.1) is 24.4 Å². The minimum atomic E-state index is -0.457. The van der Waals surface area contributed by atoms with E-state index >= 15 is 0 Å². The molecule has 0 bridgehead atoms. The van der Waals surface area contributed by atoms with E-state index in [-0.39, 0.29) is 23.2 Å². The molecule has 0 atom stereocenters. The SMILES string of the molecule is COc1cc(C(=O)Nc2cc3c(cc2C(C)=O)OCO3)cc(Cl)c1OCC(C)C.